The van der Waals surface area contributed by atoms with Gasteiger partial charge >= 0.3 is 0 Å². The second-order valence-corrected chi connectivity index (χ2v) is 8.31. The van der Waals surface area contributed by atoms with Crippen LogP contribution in [-0.2, 0) is 10.0 Å². The van der Waals surface area contributed by atoms with E-state index in [9.17, 15) is 8.42 Å². The quantitative estimate of drug-likeness (QED) is 0.798. The van der Waals surface area contributed by atoms with Crippen LogP contribution in [0.2, 0.25) is 0 Å². The Morgan fingerprint density at radius 3 is 1.86 bits per heavy atom. The van der Waals surface area contributed by atoms with Crippen molar-refractivity contribution >= 4 is 10.0 Å². The van der Waals surface area contributed by atoms with Gasteiger partial charge in [0.25, 0.3) is 0 Å². The maximum atomic E-state index is 12.3. The maximum absolute atomic E-state index is 12.3. The summed E-state index contributed by atoms with van der Waals surface area (Å²) in [7, 11) is -3.43. The first-order valence-corrected chi connectivity index (χ1v) is 9.49. The zero-order valence-corrected chi connectivity index (χ0v) is 15.4. The number of hydrogen-bond donors (Lipinski definition) is 1. The van der Waals surface area contributed by atoms with Gasteiger partial charge in [0, 0.05) is 25.2 Å². The fourth-order valence-electron chi connectivity index (χ4n) is 2.54. The number of sulfonamides is 1. The molecule has 0 unspecified atom stereocenters. The van der Waals surface area contributed by atoms with Gasteiger partial charge in [-0.05, 0) is 51.3 Å². The summed E-state index contributed by atoms with van der Waals surface area (Å²) < 4.78 is 27.3. The van der Waals surface area contributed by atoms with Crippen LogP contribution < -0.4 is 4.72 Å². The summed E-state index contributed by atoms with van der Waals surface area (Å²) in [5.74, 6) is 0.398. The number of rotatable bonds is 8. The largest absolute Gasteiger partial charge is 0.297 e. The molecule has 1 rings (SSSR count). The van der Waals surface area contributed by atoms with E-state index in [0.717, 1.165) is 5.56 Å². The SMILES string of the molecule is CC(C)c1ccc(S(=O)(=O)NCCN(C(C)C)C(C)C)cc1. The third-order valence-electron chi connectivity index (χ3n) is 3.85. The first kappa shape index (κ1) is 19.1. The predicted octanol–water partition coefficient (Wildman–Crippen LogP) is 3.21. The van der Waals surface area contributed by atoms with Crippen molar-refractivity contribution in [2.75, 3.05) is 13.1 Å². The van der Waals surface area contributed by atoms with Crippen LogP contribution in [0.5, 0.6) is 0 Å². The Balaban J connectivity index is 2.67. The minimum Gasteiger partial charge on any atom is -0.297 e. The molecule has 0 saturated carbocycles. The third kappa shape index (κ3) is 5.38. The zero-order chi connectivity index (χ0) is 16.9. The van der Waals surface area contributed by atoms with Crippen molar-refractivity contribution in [2.24, 2.45) is 0 Å². The molecule has 126 valence electrons. The Morgan fingerprint density at radius 1 is 0.955 bits per heavy atom. The Bertz CT molecular complexity index is 541. The lowest BCUT2D eigenvalue weighted by Gasteiger charge is -2.30. The van der Waals surface area contributed by atoms with Crippen molar-refractivity contribution in [3.8, 4) is 0 Å². The number of hydrogen-bond acceptors (Lipinski definition) is 3. The van der Waals surface area contributed by atoms with E-state index in [1.54, 1.807) is 12.1 Å². The molecule has 0 atom stereocenters. The lowest BCUT2D eigenvalue weighted by molar-refractivity contribution is 0.179. The molecule has 0 aliphatic heterocycles. The van der Waals surface area contributed by atoms with Gasteiger partial charge < -0.3 is 0 Å². The highest BCUT2D eigenvalue weighted by molar-refractivity contribution is 7.89. The van der Waals surface area contributed by atoms with Gasteiger partial charge in [0.05, 0.1) is 4.90 Å². The van der Waals surface area contributed by atoms with E-state index in [-0.39, 0.29) is 0 Å². The highest BCUT2D eigenvalue weighted by Crippen LogP contribution is 2.17. The molecule has 5 heteroatoms. The van der Waals surface area contributed by atoms with E-state index < -0.39 is 10.0 Å². The Morgan fingerprint density at radius 2 is 1.45 bits per heavy atom. The molecule has 0 aliphatic carbocycles. The number of nitrogens with one attached hydrogen (secondary N) is 1. The van der Waals surface area contributed by atoms with Gasteiger partial charge in [-0.3, -0.25) is 4.90 Å². The number of benzene rings is 1. The Labute approximate surface area is 136 Å². The molecule has 0 aromatic heterocycles. The standard InChI is InChI=1S/C17H30N2O2S/c1-13(2)16-7-9-17(10-8-16)22(20,21)18-11-12-19(14(3)4)15(5)6/h7-10,13-15,18H,11-12H2,1-6H3. The lowest BCUT2D eigenvalue weighted by atomic mass is 10.0. The summed E-state index contributed by atoms with van der Waals surface area (Å²) in [6.07, 6.45) is 0. The third-order valence-corrected chi connectivity index (χ3v) is 5.32. The van der Waals surface area contributed by atoms with E-state index in [4.69, 9.17) is 0 Å². The van der Waals surface area contributed by atoms with Crippen molar-refractivity contribution in [3.63, 3.8) is 0 Å². The second-order valence-electron chi connectivity index (χ2n) is 6.55. The summed E-state index contributed by atoms with van der Waals surface area (Å²) in [5.41, 5.74) is 1.14. The topological polar surface area (TPSA) is 49.4 Å². The van der Waals surface area contributed by atoms with Crippen LogP contribution in [-0.4, -0.2) is 38.5 Å². The van der Waals surface area contributed by atoms with Crippen molar-refractivity contribution < 1.29 is 8.42 Å². The average molecular weight is 327 g/mol. The van der Waals surface area contributed by atoms with E-state index in [0.29, 0.717) is 36.0 Å². The van der Waals surface area contributed by atoms with Crippen molar-refractivity contribution in [1.29, 1.82) is 0 Å². The van der Waals surface area contributed by atoms with Crippen LogP contribution in [0, 0.1) is 0 Å². The lowest BCUT2D eigenvalue weighted by Crippen LogP contribution is -2.42. The van der Waals surface area contributed by atoms with Crippen molar-refractivity contribution in [3.05, 3.63) is 29.8 Å². The molecule has 0 heterocycles. The molecule has 0 saturated heterocycles. The molecule has 22 heavy (non-hydrogen) atoms. The molecule has 0 amide bonds. The van der Waals surface area contributed by atoms with E-state index >= 15 is 0 Å². The molecule has 1 aromatic carbocycles. The molecule has 0 bridgehead atoms. The van der Waals surface area contributed by atoms with Crippen LogP contribution in [0.4, 0.5) is 0 Å². The van der Waals surface area contributed by atoms with Gasteiger partial charge in [0.15, 0.2) is 0 Å². The molecule has 1 aromatic rings. The molecule has 4 nitrogen and oxygen atoms in total. The van der Waals surface area contributed by atoms with Crippen molar-refractivity contribution in [2.45, 2.75) is 64.4 Å². The van der Waals surface area contributed by atoms with Gasteiger partial charge in [-0.1, -0.05) is 26.0 Å². The van der Waals surface area contributed by atoms with Gasteiger partial charge in [-0.25, -0.2) is 13.1 Å². The minimum absolute atomic E-state index is 0.331. The highest BCUT2D eigenvalue weighted by Gasteiger charge is 2.17. The normalized spacial score (nSPS) is 12.8. The molecular weight excluding hydrogens is 296 g/mol. The molecule has 0 fully saturated rings. The number of nitrogens with zero attached hydrogens (tertiary/aromatic N) is 1. The van der Waals surface area contributed by atoms with Crippen LogP contribution >= 0.6 is 0 Å². The van der Waals surface area contributed by atoms with Gasteiger partial charge in [-0.2, -0.15) is 0 Å². The van der Waals surface area contributed by atoms with Crippen LogP contribution in [0.3, 0.4) is 0 Å². The summed E-state index contributed by atoms with van der Waals surface area (Å²) >= 11 is 0. The average Bonchev–Trinajstić information content (AvgIpc) is 2.42. The summed E-state index contributed by atoms with van der Waals surface area (Å²) in [4.78, 5) is 2.60. The summed E-state index contributed by atoms with van der Waals surface area (Å²) in [5, 5.41) is 0. The molecule has 1 N–H and O–H groups in total. The second kappa shape index (κ2) is 8.09. The van der Waals surface area contributed by atoms with Crippen molar-refractivity contribution in [1.82, 2.24) is 9.62 Å². The molecule has 0 aliphatic rings. The minimum atomic E-state index is -3.43. The van der Waals surface area contributed by atoms with Crippen LogP contribution in [0.1, 0.15) is 53.0 Å². The monoisotopic (exact) mass is 326 g/mol. The summed E-state index contributed by atoms with van der Waals surface area (Å²) in [6.45, 7) is 13.8. The molecular formula is C17H30N2O2S. The molecule has 0 spiro atoms. The fraction of sp³-hybridized carbons (Fsp3) is 0.647. The predicted molar refractivity (Wildman–Crippen MR) is 92.7 cm³/mol. The first-order chi connectivity index (χ1) is 10.1. The highest BCUT2D eigenvalue weighted by atomic mass is 32.2. The van der Waals surface area contributed by atoms with Gasteiger partial charge in [0.1, 0.15) is 0 Å². The zero-order valence-electron chi connectivity index (χ0n) is 14.6. The Kier molecular flexibility index (Phi) is 7.03. The van der Waals surface area contributed by atoms with Crippen LogP contribution in [0.15, 0.2) is 29.2 Å². The fourth-order valence-corrected chi connectivity index (χ4v) is 3.56. The first-order valence-electron chi connectivity index (χ1n) is 8.00. The van der Waals surface area contributed by atoms with E-state index in [1.807, 2.05) is 12.1 Å². The Hall–Kier alpha value is -0.910. The van der Waals surface area contributed by atoms with E-state index in [1.165, 1.54) is 0 Å². The van der Waals surface area contributed by atoms with E-state index in [2.05, 4.69) is 51.2 Å². The van der Waals surface area contributed by atoms with Crippen LogP contribution in [0.25, 0.3) is 0 Å². The van der Waals surface area contributed by atoms with Gasteiger partial charge in [0.2, 0.25) is 10.0 Å². The maximum Gasteiger partial charge on any atom is 0.240 e. The smallest absolute Gasteiger partial charge is 0.240 e. The van der Waals surface area contributed by atoms with Gasteiger partial charge in [-0.15, -0.1) is 0 Å². The molecule has 0 radical (unpaired) electrons. The summed E-state index contributed by atoms with van der Waals surface area (Å²) in [6, 6.07) is 7.92.